The Morgan fingerprint density at radius 1 is 1.00 bits per heavy atom. The molecule has 15 heavy (non-hydrogen) atoms. The van der Waals surface area contributed by atoms with E-state index >= 15 is 0 Å². The first-order valence-corrected chi connectivity index (χ1v) is 4.94. The van der Waals surface area contributed by atoms with E-state index in [1.165, 1.54) is 0 Å². The van der Waals surface area contributed by atoms with E-state index in [2.05, 4.69) is 10.3 Å². The molecule has 1 aromatic rings. The van der Waals surface area contributed by atoms with Gasteiger partial charge in [0.25, 0.3) is 0 Å². The van der Waals surface area contributed by atoms with Crippen LogP contribution >= 0.6 is 0 Å². The van der Waals surface area contributed by atoms with E-state index in [4.69, 9.17) is 0 Å². The molecule has 0 bridgehead atoms. The maximum atomic E-state index is 4.59. The Bertz CT molecular complexity index is 519. The van der Waals surface area contributed by atoms with Gasteiger partial charge in [-0.05, 0) is 24.3 Å². The number of rotatable bonds is 0. The first-order valence-electron chi connectivity index (χ1n) is 4.94. The number of benzene rings is 1. The van der Waals surface area contributed by atoms with Gasteiger partial charge in [-0.15, -0.1) is 0 Å². The zero-order valence-corrected chi connectivity index (χ0v) is 8.14. The molecular weight excluding hydrogens is 184 g/mol. The van der Waals surface area contributed by atoms with Gasteiger partial charge in [-0.1, -0.05) is 30.4 Å². The fourth-order valence-electron chi connectivity index (χ4n) is 1.69. The summed E-state index contributed by atoms with van der Waals surface area (Å²) >= 11 is 0. The number of anilines is 1. The number of para-hydroxylation sites is 2. The molecule has 1 aliphatic heterocycles. The van der Waals surface area contributed by atoms with Crippen LogP contribution in [0, 0.1) is 0 Å². The van der Waals surface area contributed by atoms with Gasteiger partial charge < -0.3 is 5.32 Å². The van der Waals surface area contributed by atoms with Crippen molar-refractivity contribution in [3.63, 3.8) is 0 Å². The van der Waals surface area contributed by atoms with E-state index in [0.717, 1.165) is 22.8 Å². The quantitative estimate of drug-likeness (QED) is 0.673. The molecule has 1 heterocycles. The van der Waals surface area contributed by atoms with Crippen LogP contribution in [0.5, 0.6) is 0 Å². The Labute approximate surface area is 88.4 Å². The third-order valence-electron chi connectivity index (χ3n) is 2.43. The standard InChI is InChI=1S/C13H10N2/c1-2-6-10-11(7-3-1)15-13-9-5-4-8-12(13)14-10/h1-9,14H. The van der Waals surface area contributed by atoms with Crippen LogP contribution in [0.1, 0.15) is 0 Å². The molecule has 1 aliphatic carbocycles. The molecule has 0 atom stereocenters. The van der Waals surface area contributed by atoms with Gasteiger partial charge in [-0.2, -0.15) is 0 Å². The van der Waals surface area contributed by atoms with Gasteiger partial charge in [-0.25, -0.2) is 4.99 Å². The van der Waals surface area contributed by atoms with Gasteiger partial charge in [0, 0.05) is 0 Å². The van der Waals surface area contributed by atoms with Crippen molar-refractivity contribution in [1.29, 1.82) is 0 Å². The number of allylic oxidation sites excluding steroid dienone is 5. The summed E-state index contributed by atoms with van der Waals surface area (Å²) < 4.78 is 0. The summed E-state index contributed by atoms with van der Waals surface area (Å²) in [4.78, 5) is 4.59. The second-order valence-electron chi connectivity index (χ2n) is 3.46. The van der Waals surface area contributed by atoms with Crippen molar-refractivity contribution in [2.75, 3.05) is 5.32 Å². The van der Waals surface area contributed by atoms with Gasteiger partial charge in [-0.3, -0.25) is 0 Å². The number of aliphatic imine (C=N–C) groups is 1. The van der Waals surface area contributed by atoms with Crippen LogP contribution in [0.2, 0.25) is 0 Å². The minimum absolute atomic E-state index is 0.985. The van der Waals surface area contributed by atoms with Crippen molar-refractivity contribution in [3.05, 3.63) is 60.3 Å². The van der Waals surface area contributed by atoms with Crippen molar-refractivity contribution in [1.82, 2.24) is 0 Å². The molecule has 1 aromatic carbocycles. The Balaban J connectivity index is 2.17. The summed E-state index contributed by atoms with van der Waals surface area (Å²) in [5.41, 5.74) is 4.10. The summed E-state index contributed by atoms with van der Waals surface area (Å²) in [7, 11) is 0. The number of nitrogens with one attached hydrogen (secondary N) is 1. The molecule has 0 unspecified atom stereocenters. The van der Waals surface area contributed by atoms with Crippen molar-refractivity contribution >= 4 is 17.1 Å². The number of hydrogen-bond donors (Lipinski definition) is 1. The summed E-state index contributed by atoms with van der Waals surface area (Å²) in [6.07, 6.45) is 10.1. The first-order chi connectivity index (χ1) is 7.43. The smallest absolute Gasteiger partial charge is 0.0872 e. The molecule has 0 saturated heterocycles. The SMILES string of the molecule is C1=CC=C2Nc3ccccc3N=C2C=C1. The van der Waals surface area contributed by atoms with Crippen LogP contribution < -0.4 is 5.32 Å². The van der Waals surface area contributed by atoms with Crippen molar-refractivity contribution < 1.29 is 0 Å². The third kappa shape index (κ3) is 1.40. The first kappa shape index (κ1) is 8.24. The van der Waals surface area contributed by atoms with Crippen LogP contribution in [0.4, 0.5) is 11.4 Å². The number of hydrogen-bond acceptors (Lipinski definition) is 2. The average molecular weight is 194 g/mol. The monoisotopic (exact) mass is 194 g/mol. The topological polar surface area (TPSA) is 24.4 Å². The van der Waals surface area contributed by atoms with E-state index in [1.54, 1.807) is 0 Å². The third-order valence-corrected chi connectivity index (χ3v) is 2.43. The second-order valence-corrected chi connectivity index (χ2v) is 3.46. The lowest BCUT2D eigenvalue weighted by Gasteiger charge is -2.18. The maximum absolute atomic E-state index is 4.59. The Morgan fingerprint density at radius 2 is 1.93 bits per heavy atom. The zero-order valence-electron chi connectivity index (χ0n) is 8.14. The molecule has 0 fully saturated rings. The highest BCUT2D eigenvalue weighted by molar-refractivity contribution is 6.14. The molecule has 2 aliphatic rings. The van der Waals surface area contributed by atoms with Crippen LogP contribution in [-0.2, 0) is 0 Å². The molecule has 2 heteroatoms. The predicted molar refractivity (Wildman–Crippen MR) is 63.5 cm³/mol. The van der Waals surface area contributed by atoms with Gasteiger partial charge in [0.05, 0.1) is 22.8 Å². The Kier molecular flexibility index (Phi) is 1.78. The summed E-state index contributed by atoms with van der Waals surface area (Å²) in [6.45, 7) is 0. The van der Waals surface area contributed by atoms with E-state index in [-0.39, 0.29) is 0 Å². The second kappa shape index (κ2) is 3.24. The van der Waals surface area contributed by atoms with Crippen molar-refractivity contribution in [3.8, 4) is 0 Å². The van der Waals surface area contributed by atoms with Gasteiger partial charge >= 0.3 is 0 Å². The molecular formula is C13H10N2. The molecule has 0 spiro atoms. The Morgan fingerprint density at radius 3 is 2.93 bits per heavy atom. The molecule has 3 rings (SSSR count). The van der Waals surface area contributed by atoms with Crippen LogP contribution in [0.3, 0.4) is 0 Å². The van der Waals surface area contributed by atoms with E-state index in [0.29, 0.717) is 0 Å². The van der Waals surface area contributed by atoms with E-state index in [9.17, 15) is 0 Å². The summed E-state index contributed by atoms with van der Waals surface area (Å²) in [5.74, 6) is 0. The molecule has 0 radical (unpaired) electrons. The normalized spacial score (nSPS) is 16.8. The lowest BCUT2D eigenvalue weighted by Crippen LogP contribution is -2.12. The summed E-state index contributed by atoms with van der Waals surface area (Å²) in [5, 5.41) is 3.37. The molecule has 0 aromatic heterocycles. The van der Waals surface area contributed by atoms with E-state index < -0.39 is 0 Å². The molecule has 1 N–H and O–H groups in total. The van der Waals surface area contributed by atoms with E-state index in [1.807, 2.05) is 54.6 Å². The molecule has 72 valence electrons. The molecule has 0 saturated carbocycles. The highest BCUT2D eigenvalue weighted by Gasteiger charge is 2.13. The maximum Gasteiger partial charge on any atom is 0.0872 e. The van der Waals surface area contributed by atoms with Crippen LogP contribution in [0.15, 0.2) is 65.3 Å². The fourth-order valence-corrected chi connectivity index (χ4v) is 1.69. The highest BCUT2D eigenvalue weighted by Crippen LogP contribution is 2.31. The number of fused-ring (bicyclic) bond motifs is 2. The van der Waals surface area contributed by atoms with Gasteiger partial charge in [0.15, 0.2) is 0 Å². The fraction of sp³-hybridized carbons (Fsp3) is 0. The Hall–Kier alpha value is -2.09. The van der Waals surface area contributed by atoms with Gasteiger partial charge in [0.1, 0.15) is 0 Å². The van der Waals surface area contributed by atoms with Gasteiger partial charge in [0.2, 0.25) is 0 Å². The number of nitrogens with zero attached hydrogens (tertiary/aromatic N) is 1. The highest BCUT2D eigenvalue weighted by atomic mass is 15.0. The zero-order chi connectivity index (χ0) is 10.1. The lowest BCUT2D eigenvalue weighted by molar-refractivity contribution is 1.39. The van der Waals surface area contributed by atoms with Crippen molar-refractivity contribution in [2.45, 2.75) is 0 Å². The molecule has 2 nitrogen and oxygen atoms in total. The molecule has 0 amide bonds. The summed E-state index contributed by atoms with van der Waals surface area (Å²) in [6, 6.07) is 8.06. The minimum atomic E-state index is 0.985. The van der Waals surface area contributed by atoms with Crippen LogP contribution in [-0.4, -0.2) is 5.71 Å². The minimum Gasteiger partial charge on any atom is -0.352 e. The average Bonchev–Trinajstić information content (AvgIpc) is 2.50. The largest absolute Gasteiger partial charge is 0.352 e. The van der Waals surface area contributed by atoms with Crippen LogP contribution in [0.25, 0.3) is 0 Å². The lowest BCUT2D eigenvalue weighted by atomic mass is 10.1. The van der Waals surface area contributed by atoms with Crippen molar-refractivity contribution in [2.24, 2.45) is 4.99 Å². The predicted octanol–water partition coefficient (Wildman–Crippen LogP) is 3.19.